The van der Waals surface area contributed by atoms with E-state index in [1.807, 2.05) is 45.0 Å². The van der Waals surface area contributed by atoms with Crippen molar-refractivity contribution in [1.82, 2.24) is 14.6 Å². The molecule has 2 aromatic rings. The van der Waals surface area contributed by atoms with Crippen LogP contribution in [-0.2, 0) is 4.74 Å². The van der Waals surface area contributed by atoms with Gasteiger partial charge in [-0.3, -0.25) is 4.57 Å². The van der Waals surface area contributed by atoms with E-state index in [1.165, 1.54) is 11.3 Å². The van der Waals surface area contributed by atoms with E-state index in [0.717, 1.165) is 11.3 Å². The molecule has 0 spiro atoms. The fraction of sp³-hybridized carbons (Fsp3) is 0.312. The second kappa shape index (κ2) is 4.98. The Kier molecular flexibility index (Phi) is 3.11. The van der Waals surface area contributed by atoms with Crippen molar-refractivity contribution in [1.29, 1.82) is 0 Å². The van der Waals surface area contributed by atoms with Crippen molar-refractivity contribution in [2.75, 3.05) is 5.01 Å². The van der Waals surface area contributed by atoms with Gasteiger partial charge in [0.1, 0.15) is 11.9 Å². The van der Waals surface area contributed by atoms with Crippen LogP contribution in [0.3, 0.4) is 0 Å². The molecule has 2 aliphatic heterocycles. The zero-order valence-electron chi connectivity index (χ0n) is 13.5. The Morgan fingerprint density at radius 3 is 2.79 bits per heavy atom. The van der Waals surface area contributed by atoms with Gasteiger partial charge in [-0.1, -0.05) is 18.2 Å². The van der Waals surface area contributed by atoms with Crippen LogP contribution in [0.1, 0.15) is 32.5 Å². The lowest BCUT2D eigenvalue weighted by Crippen LogP contribution is -2.47. The predicted molar refractivity (Wildman–Crippen MR) is 90.4 cm³/mol. The van der Waals surface area contributed by atoms with Gasteiger partial charge in [-0.15, -0.1) is 0 Å². The van der Waals surface area contributed by atoms with Crippen LogP contribution in [0.15, 0.2) is 35.5 Å². The normalized spacial score (nSPS) is 18.2. The summed E-state index contributed by atoms with van der Waals surface area (Å²) in [6.45, 7) is 5.46. The van der Waals surface area contributed by atoms with Crippen molar-refractivity contribution in [3.63, 3.8) is 0 Å². The lowest BCUT2D eigenvalue weighted by molar-refractivity contribution is 0.0360. The minimum Gasteiger partial charge on any atom is -0.442 e. The molecule has 124 valence electrons. The molecule has 1 atom stereocenters. The number of fused-ring (bicyclic) bond motifs is 6. The smallest absolute Gasteiger partial charge is 0.435 e. The summed E-state index contributed by atoms with van der Waals surface area (Å²) in [7, 11) is 0. The van der Waals surface area contributed by atoms with Gasteiger partial charge in [0.25, 0.3) is 0 Å². The lowest BCUT2D eigenvalue weighted by atomic mass is 10.1. The number of carbonyl (C=O) groups excluding carboxylic acids is 1. The van der Waals surface area contributed by atoms with E-state index >= 15 is 0 Å². The summed E-state index contributed by atoms with van der Waals surface area (Å²) >= 11 is 6.26. The fourth-order valence-electron chi connectivity index (χ4n) is 2.87. The molecule has 1 aromatic carbocycles. The summed E-state index contributed by atoms with van der Waals surface area (Å²) in [5.74, 6) is 0.659. The molecular formula is C16H16ClN5O2. The number of halogens is 1. The molecule has 8 heteroatoms. The molecule has 0 radical (unpaired) electrons. The first-order valence-corrected chi connectivity index (χ1v) is 7.92. The summed E-state index contributed by atoms with van der Waals surface area (Å²) in [6, 6.07) is 7.77. The van der Waals surface area contributed by atoms with Crippen molar-refractivity contribution in [2.24, 2.45) is 4.99 Å². The molecule has 0 saturated heterocycles. The number of imidazole rings is 1. The van der Waals surface area contributed by atoms with Gasteiger partial charge in [-0.2, -0.15) is 5.01 Å². The summed E-state index contributed by atoms with van der Waals surface area (Å²) in [6.07, 6.45) is 2.25. The molecule has 0 N–H and O–H groups in total. The number of para-hydroxylation sites is 1. The van der Waals surface area contributed by atoms with E-state index in [4.69, 9.17) is 16.3 Å². The van der Waals surface area contributed by atoms with Gasteiger partial charge in [-0.05, 0) is 38.4 Å². The number of aromatic nitrogens is 2. The lowest BCUT2D eigenvalue weighted by Gasteiger charge is -2.37. The average Bonchev–Trinajstić information content (AvgIpc) is 3.10. The first-order valence-electron chi connectivity index (χ1n) is 7.54. The number of hydrazine groups is 1. The number of hydrogen-bond acceptors (Lipinski definition) is 5. The van der Waals surface area contributed by atoms with Crippen molar-refractivity contribution in [2.45, 2.75) is 32.5 Å². The fourth-order valence-corrected chi connectivity index (χ4v) is 3.10. The van der Waals surface area contributed by atoms with Crippen LogP contribution in [-0.4, -0.2) is 32.6 Å². The number of anilines is 1. The molecule has 0 fully saturated rings. The van der Waals surface area contributed by atoms with Crippen molar-refractivity contribution in [3.05, 3.63) is 41.3 Å². The highest BCUT2D eigenvalue weighted by atomic mass is 35.5. The molecule has 0 bridgehead atoms. The third-order valence-corrected chi connectivity index (χ3v) is 4.02. The monoisotopic (exact) mass is 345 g/mol. The molecule has 1 aromatic heterocycles. The number of aliphatic imine (C=N–C) groups is 1. The maximum absolute atomic E-state index is 12.6. The Morgan fingerprint density at radius 1 is 1.29 bits per heavy atom. The van der Waals surface area contributed by atoms with E-state index in [0.29, 0.717) is 11.1 Å². The SMILES string of the molecule is CC(C)(C)OC(=O)N1C=NC2c3ccccc3-n3c(cnc3Cl)N21. The van der Waals surface area contributed by atoms with E-state index in [9.17, 15) is 4.79 Å². The Balaban J connectivity index is 1.80. The van der Waals surface area contributed by atoms with Crippen LogP contribution in [0.2, 0.25) is 5.28 Å². The van der Waals surface area contributed by atoms with Crippen LogP contribution in [0, 0.1) is 0 Å². The maximum atomic E-state index is 12.6. The van der Waals surface area contributed by atoms with Crippen molar-refractivity contribution in [3.8, 4) is 5.69 Å². The van der Waals surface area contributed by atoms with Gasteiger partial charge >= 0.3 is 6.09 Å². The first kappa shape index (κ1) is 15.0. The number of nitrogens with zero attached hydrogens (tertiary/aromatic N) is 5. The van der Waals surface area contributed by atoms with Crippen LogP contribution in [0.5, 0.6) is 0 Å². The Labute approximate surface area is 144 Å². The minimum absolute atomic E-state index is 0.326. The van der Waals surface area contributed by atoms with Crippen LogP contribution in [0.4, 0.5) is 10.6 Å². The second-order valence-corrected chi connectivity index (χ2v) is 6.93. The predicted octanol–water partition coefficient (Wildman–Crippen LogP) is 3.54. The Morgan fingerprint density at radius 2 is 2.04 bits per heavy atom. The number of rotatable bonds is 0. The number of amides is 1. The van der Waals surface area contributed by atoms with Crippen LogP contribution >= 0.6 is 11.6 Å². The van der Waals surface area contributed by atoms with E-state index in [2.05, 4.69) is 9.98 Å². The van der Waals surface area contributed by atoms with Crippen molar-refractivity contribution >= 4 is 29.9 Å². The quantitative estimate of drug-likeness (QED) is 0.732. The highest BCUT2D eigenvalue weighted by molar-refractivity contribution is 6.29. The zero-order valence-corrected chi connectivity index (χ0v) is 14.2. The molecule has 0 aliphatic carbocycles. The summed E-state index contributed by atoms with van der Waals surface area (Å²) in [4.78, 5) is 21.2. The highest BCUT2D eigenvalue weighted by Gasteiger charge is 2.42. The van der Waals surface area contributed by atoms with Gasteiger partial charge in [-0.25, -0.2) is 19.8 Å². The average molecular weight is 346 g/mol. The maximum Gasteiger partial charge on any atom is 0.435 e. The Hall–Kier alpha value is -2.54. The largest absolute Gasteiger partial charge is 0.442 e. The standard InChI is InChI=1S/C16H16ClN5O2/c1-16(2,3)24-15(23)20-9-19-13-10-6-4-5-7-11(10)21-12(22(13)20)8-18-14(21)17/h4-9,13H,1-3H3. The molecule has 7 nitrogen and oxygen atoms in total. The van der Waals surface area contributed by atoms with E-state index in [-0.39, 0.29) is 6.17 Å². The molecule has 24 heavy (non-hydrogen) atoms. The molecule has 0 saturated carbocycles. The molecule has 1 amide bonds. The van der Waals surface area contributed by atoms with Crippen LogP contribution in [0.25, 0.3) is 5.69 Å². The zero-order chi connectivity index (χ0) is 17.1. The second-order valence-electron chi connectivity index (χ2n) is 6.59. The van der Waals surface area contributed by atoms with Gasteiger partial charge in [0.05, 0.1) is 11.9 Å². The van der Waals surface area contributed by atoms with Gasteiger partial charge in [0.2, 0.25) is 5.28 Å². The summed E-state index contributed by atoms with van der Waals surface area (Å²) in [5.41, 5.74) is 1.24. The first-order chi connectivity index (χ1) is 11.4. The molecule has 4 rings (SSSR count). The molecule has 2 aliphatic rings. The van der Waals surface area contributed by atoms with Gasteiger partial charge in [0.15, 0.2) is 12.0 Å². The van der Waals surface area contributed by atoms with Crippen molar-refractivity contribution < 1.29 is 9.53 Å². The molecule has 1 unspecified atom stereocenters. The Bertz CT molecular complexity index is 854. The van der Waals surface area contributed by atoms with Gasteiger partial charge in [0, 0.05) is 5.56 Å². The number of carbonyl (C=O) groups is 1. The summed E-state index contributed by atoms with van der Waals surface area (Å²) < 4.78 is 7.26. The number of hydrogen-bond donors (Lipinski definition) is 0. The molecular weight excluding hydrogens is 330 g/mol. The topological polar surface area (TPSA) is 63.0 Å². The van der Waals surface area contributed by atoms with E-state index < -0.39 is 11.7 Å². The summed E-state index contributed by atoms with van der Waals surface area (Å²) in [5, 5.41) is 3.41. The number of ether oxygens (including phenoxy) is 1. The minimum atomic E-state index is -0.603. The third-order valence-electron chi connectivity index (χ3n) is 3.75. The van der Waals surface area contributed by atoms with Crippen LogP contribution < -0.4 is 5.01 Å². The molecule has 3 heterocycles. The third kappa shape index (κ3) is 2.16. The number of benzene rings is 1. The highest BCUT2D eigenvalue weighted by Crippen LogP contribution is 2.43. The van der Waals surface area contributed by atoms with E-state index in [1.54, 1.807) is 15.8 Å². The van der Waals surface area contributed by atoms with Gasteiger partial charge < -0.3 is 4.74 Å².